The third-order valence-corrected chi connectivity index (χ3v) is 4.39. The fourth-order valence-corrected chi connectivity index (χ4v) is 3.59. The molecule has 0 aliphatic heterocycles. The SMILES string of the molecule is CCOC1CC(Nc2c(Br)cc(Br)cc2C(=O)OC)C1. The first-order valence-electron chi connectivity index (χ1n) is 6.50. The number of rotatable bonds is 5. The Balaban J connectivity index is 2.13. The number of benzene rings is 1. The molecule has 110 valence electrons. The van der Waals surface area contributed by atoms with Crippen molar-refractivity contribution in [3.63, 3.8) is 0 Å². The number of carbonyl (C=O) groups excluding carboxylic acids is 1. The monoisotopic (exact) mass is 405 g/mol. The molecule has 6 heteroatoms. The van der Waals surface area contributed by atoms with Crippen molar-refractivity contribution in [2.45, 2.75) is 31.9 Å². The predicted octanol–water partition coefficient (Wildman–Crippen LogP) is 3.98. The van der Waals surface area contributed by atoms with Crippen LogP contribution in [-0.2, 0) is 9.47 Å². The third-order valence-electron chi connectivity index (χ3n) is 3.31. The van der Waals surface area contributed by atoms with Gasteiger partial charge in [-0.25, -0.2) is 4.79 Å². The Morgan fingerprint density at radius 3 is 2.70 bits per heavy atom. The first kappa shape index (κ1) is 15.8. The largest absolute Gasteiger partial charge is 0.465 e. The van der Waals surface area contributed by atoms with Crippen LogP contribution in [0.4, 0.5) is 5.69 Å². The maximum absolute atomic E-state index is 11.9. The van der Waals surface area contributed by atoms with Crippen LogP contribution in [-0.4, -0.2) is 31.8 Å². The van der Waals surface area contributed by atoms with Crippen LogP contribution in [0.2, 0.25) is 0 Å². The topological polar surface area (TPSA) is 47.6 Å². The van der Waals surface area contributed by atoms with Gasteiger partial charge in [0.1, 0.15) is 0 Å². The molecule has 0 bridgehead atoms. The van der Waals surface area contributed by atoms with Crippen LogP contribution in [0.5, 0.6) is 0 Å². The standard InChI is InChI=1S/C14H17Br2NO3/c1-3-20-10-6-9(7-10)17-13-11(14(18)19-2)4-8(15)5-12(13)16/h4-5,9-10,17H,3,6-7H2,1-2H3. The highest BCUT2D eigenvalue weighted by atomic mass is 79.9. The number of nitrogens with one attached hydrogen (secondary N) is 1. The molecule has 2 rings (SSSR count). The van der Waals surface area contributed by atoms with Crippen molar-refractivity contribution in [2.24, 2.45) is 0 Å². The first-order chi connectivity index (χ1) is 9.55. The van der Waals surface area contributed by atoms with Gasteiger partial charge in [0.2, 0.25) is 0 Å². The highest BCUT2D eigenvalue weighted by Crippen LogP contribution is 2.35. The molecule has 0 saturated heterocycles. The number of hydrogen-bond donors (Lipinski definition) is 1. The summed E-state index contributed by atoms with van der Waals surface area (Å²) < 4.78 is 12.0. The van der Waals surface area contributed by atoms with Crippen LogP contribution in [0.25, 0.3) is 0 Å². The van der Waals surface area contributed by atoms with Crippen molar-refractivity contribution < 1.29 is 14.3 Å². The van der Waals surface area contributed by atoms with Crippen LogP contribution in [0.1, 0.15) is 30.1 Å². The van der Waals surface area contributed by atoms with E-state index in [1.165, 1.54) is 7.11 Å². The van der Waals surface area contributed by atoms with Gasteiger partial charge in [-0.2, -0.15) is 0 Å². The zero-order chi connectivity index (χ0) is 14.7. The number of ether oxygens (including phenoxy) is 2. The highest BCUT2D eigenvalue weighted by Gasteiger charge is 2.31. The molecule has 0 heterocycles. The smallest absolute Gasteiger partial charge is 0.340 e. The van der Waals surface area contributed by atoms with Crippen LogP contribution in [0, 0.1) is 0 Å². The van der Waals surface area contributed by atoms with E-state index in [1.807, 2.05) is 13.0 Å². The van der Waals surface area contributed by atoms with E-state index >= 15 is 0 Å². The minimum absolute atomic E-state index is 0.326. The van der Waals surface area contributed by atoms with Crippen molar-refractivity contribution in [3.8, 4) is 0 Å². The van der Waals surface area contributed by atoms with Crippen LogP contribution < -0.4 is 5.32 Å². The number of hydrogen-bond acceptors (Lipinski definition) is 4. The van der Waals surface area contributed by atoms with Gasteiger partial charge in [0, 0.05) is 21.6 Å². The molecule has 0 aromatic heterocycles. The molecule has 1 aliphatic carbocycles. The minimum Gasteiger partial charge on any atom is -0.465 e. The van der Waals surface area contributed by atoms with Gasteiger partial charge in [-0.1, -0.05) is 15.9 Å². The molecule has 4 nitrogen and oxygen atoms in total. The first-order valence-corrected chi connectivity index (χ1v) is 8.09. The maximum Gasteiger partial charge on any atom is 0.340 e. The van der Waals surface area contributed by atoms with Crippen molar-refractivity contribution in [2.75, 3.05) is 19.0 Å². The van der Waals surface area contributed by atoms with Crippen LogP contribution in [0.3, 0.4) is 0 Å². The number of esters is 1. The Bertz CT molecular complexity index is 501. The molecule has 0 atom stereocenters. The normalized spacial score (nSPS) is 21.2. The lowest BCUT2D eigenvalue weighted by Gasteiger charge is -2.36. The van der Waals surface area contributed by atoms with Gasteiger partial charge in [-0.3, -0.25) is 0 Å². The second-order valence-electron chi connectivity index (χ2n) is 4.69. The van der Waals surface area contributed by atoms with Gasteiger partial charge in [-0.05, 0) is 47.8 Å². The molecule has 1 aromatic carbocycles. The highest BCUT2D eigenvalue weighted by molar-refractivity contribution is 9.11. The molecule has 1 aromatic rings. The fraction of sp³-hybridized carbons (Fsp3) is 0.500. The average molecular weight is 407 g/mol. The molecule has 0 radical (unpaired) electrons. The van der Waals surface area contributed by atoms with Crippen molar-refractivity contribution >= 4 is 43.5 Å². The van der Waals surface area contributed by atoms with E-state index in [1.54, 1.807) is 6.07 Å². The second-order valence-corrected chi connectivity index (χ2v) is 6.46. The molecule has 1 fully saturated rings. The molecule has 0 unspecified atom stereocenters. The van der Waals surface area contributed by atoms with E-state index in [-0.39, 0.29) is 5.97 Å². The van der Waals surface area contributed by atoms with Gasteiger partial charge in [0.15, 0.2) is 0 Å². The minimum atomic E-state index is -0.352. The number of carbonyl (C=O) groups is 1. The van der Waals surface area contributed by atoms with Crippen LogP contribution >= 0.6 is 31.9 Å². The lowest BCUT2D eigenvalue weighted by molar-refractivity contribution is 0.00297. The Hall–Kier alpha value is -0.590. The van der Waals surface area contributed by atoms with Crippen molar-refractivity contribution in [1.82, 2.24) is 0 Å². The second kappa shape index (κ2) is 6.91. The van der Waals surface area contributed by atoms with Gasteiger partial charge in [0.05, 0.1) is 24.5 Å². The summed E-state index contributed by atoms with van der Waals surface area (Å²) in [5.41, 5.74) is 1.30. The van der Waals surface area contributed by atoms with Gasteiger partial charge < -0.3 is 14.8 Å². The summed E-state index contributed by atoms with van der Waals surface area (Å²) in [6.07, 6.45) is 2.24. The van der Waals surface area contributed by atoms with Crippen LogP contribution in [0.15, 0.2) is 21.1 Å². The maximum atomic E-state index is 11.9. The molecule has 1 aliphatic rings. The summed E-state index contributed by atoms with van der Waals surface area (Å²) in [5.74, 6) is -0.352. The molecular formula is C14H17Br2NO3. The number of anilines is 1. The zero-order valence-corrected chi connectivity index (χ0v) is 14.6. The Morgan fingerprint density at radius 2 is 2.10 bits per heavy atom. The van der Waals surface area contributed by atoms with E-state index in [9.17, 15) is 4.79 Å². The Labute approximate surface area is 135 Å². The molecule has 1 saturated carbocycles. The zero-order valence-electron chi connectivity index (χ0n) is 11.4. The predicted molar refractivity (Wildman–Crippen MR) is 85.2 cm³/mol. The summed E-state index contributed by atoms with van der Waals surface area (Å²) >= 11 is 6.88. The van der Waals surface area contributed by atoms with E-state index < -0.39 is 0 Å². The lowest BCUT2D eigenvalue weighted by atomic mass is 9.89. The average Bonchev–Trinajstić information content (AvgIpc) is 2.37. The van der Waals surface area contributed by atoms with Gasteiger partial charge >= 0.3 is 5.97 Å². The summed E-state index contributed by atoms with van der Waals surface area (Å²) in [4.78, 5) is 11.9. The Kier molecular flexibility index (Phi) is 5.46. The fourth-order valence-electron chi connectivity index (χ4n) is 2.25. The third kappa shape index (κ3) is 3.54. The number of halogens is 2. The van der Waals surface area contributed by atoms with Crippen molar-refractivity contribution in [1.29, 1.82) is 0 Å². The van der Waals surface area contributed by atoms with Gasteiger partial charge in [-0.15, -0.1) is 0 Å². The molecule has 20 heavy (non-hydrogen) atoms. The molecule has 0 amide bonds. The summed E-state index contributed by atoms with van der Waals surface area (Å²) in [6.45, 7) is 2.74. The lowest BCUT2D eigenvalue weighted by Crippen LogP contribution is -2.41. The number of methoxy groups -OCH3 is 1. The van der Waals surface area contributed by atoms with E-state index in [4.69, 9.17) is 9.47 Å². The van der Waals surface area contributed by atoms with E-state index in [0.29, 0.717) is 17.7 Å². The Morgan fingerprint density at radius 1 is 1.40 bits per heavy atom. The summed E-state index contributed by atoms with van der Waals surface area (Å²) in [6, 6.07) is 4.00. The van der Waals surface area contributed by atoms with Crippen molar-refractivity contribution in [3.05, 3.63) is 26.6 Å². The molecule has 1 N–H and O–H groups in total. The van der Waals surface area contributed by atoms with E-state index in [0.717, 1.165) is 34.1 Å². The molecular weight excluding hydrogens is 390 g/mol. The summed E-state index contributed by atoms with van der Waals surface area (Å²) in [7, 11) is 1.38. The van der Waals surface area contributed by atoms with Gasteiger partial charge in [0.25, 0.3) is 0 Å². The van der Waals surface area contributed by atoms with E-state index in [2.05, 4.69) is 37.2 Å². The quantitative estimate of drug-likeness (QED) is 0.751. The molecule has 0 spiro atoms. The summed E-state index contributed by atoms with van der Waals surface area (Å²) in [5, 5.41) is 3.40.